The Morgan fingerprint density at radius 2 is 2.29 bits per heavy atom. The van der Waals surface area contributed by atoms with Gasteiger partial charge in [0.05, 0.1) is 19.3 Å². The van der Waals surface area contributed by atoms with E-state index in [4.69, 9.17) is 4.74 Å². The highest BCUT2D eigenvalue weighted by Crippen LogP contribution is 2.12. The number of hydrogen-bond donors (Lipinski definition) is 1. The number of carbonyl (C=O) groups is 1. The number of amides is 1. The van der Waals surface area contributed by atoms with Crippen LogP contribution in [0.1, 0.15) is 19.8 Å². The van der Waals surface area contributed by atoms with Gasteiger partial charge in [-0.1, -0.05) is 0 Å². The van der Waals surface area contributed by atoms with Gasteiger partial charge >= 0.3 is 0 Å². The van der Waals surface area contributed by atoms with Gasteiger partial charge < -0.3 is 14.7 Å². The van der Waals surface area contributed by atoms with Crippen LogP contribution in [-0.2, 0) is 9.53 Å². The molecule has 1 amide bonds. The lowest BCUT2D eigenvalue weighted by Gasteiger charge is -2.35. The molecule has 2 heterocycles. The van der Waals surface area contributed by atoms with Crippen molar-refractivity contribution in [3.63, 3.8) is 0 Å². The molecular weight excluding hydrogens is 220 g/mol. The van der Waals surface area contributed by atoms with Crippen molar-refractivity contribution in [2.75, 3.05) is 39.4 Å². The van der Waals surface area contributed by atoms with Crippen molar-refractivity contribution in [3.8, 4) is 0 Å². The number of likely N-dealkylation sites (tertiary alicyclic amines) is 1. The predicted octanol–water partition coefficient (Wildman–Crippen LogP) is -0.310. The number of hydrogen-bond acceptors (Lipinski definition) is 4. The molecular formula is C12H22N2O3. The molecule has 17 heavy (non-hydrogen) atoms. The summed E-state index contributed by atoms with van der Waals surface area (Å²) in [5.41, 5.74) is 0. The minimum atomic E-state index is -0.447. The van der Waals surface area contributed by atoms with E-state index in [-0.39, 0.29) is 5.91 Å². The number of carbonyl (C=O) groups excluding carboxylic acids is 1. The molecule has 5 heteroatoms. The zero-order chi connectivity index (χ0) is 12.3. The van der Waals surface area contributed by atoms with Crippen LogP contribution in [0.5, 0.6) is 0 Å². The van der Waals surface area contributed by atoms with Crippen LogP contribution in [0, 0.1) is 0 Å². The quantitative estimate of drug-likeness (QED) is 0.735. The second-order valence-corrected chi connectivity index (χ2v) is 5.02. The molecule has 0 bridgehead atoms. The Morgan fingerprint density at radius 3 is 2.94 bits per heavy atom. The Hall–Kier alpha value is -0.650. The first kappa shape index (κ1) is 12.8. The molecule has 2 atom stereocenters. The Morgan fingerprint density at radius 1 is 1.47 bits per heavy atom. The first-order chi connectivity index (χ1) is 8.16. The van der Waals surface area contributed by atoms with Crippen LogP contribution < -0.4 is 0 Å². The monoisotopic (exact) mass is 242 g/mol. The first-order valence-electron chi connectivity index (χ1n) is 6.44. The van der Waals surface area contributed by atoms with Gasteiger partial charge in [0.2, 0.25) is 5.91 Å². The molecule has 2 unspecified atom stereocenters. The summed E-state index contributed by atoms with van der Waals surface area (Å²) in [5, 5.41) is 10.0. The standard InChI is InChI=1S/C12H22N2O3/c1-10-9-17-6-5-13(10)7-11(15)8-14-4-2-3-12(14)16/h10-11,15H,2-9H2,1H3. The summed E-state index contributed by atoms with van der Waals surface area (Å²) in [6.45, 7) is 6.35. The Labute approximate surface area is 102 Å². The zero-order valence-electron chi connectivity index (χ0n) is 10.5. The van der Waals surface area contributed by atoms with E-state index in [1.54, 1.807) is 4.90 Å². The molecule has 0 saturated carbocycles. The average Bonchev–Trinajstić information content (AvgIpc) is 2.68. The van der Waals surface area contributed by atoms with Gasteiger partial charge in [-0.05, 0) is 13.3 Å². The summed E-state index contributed by atoms with van der Waals surface area (Å²) in [6, 6.07) is 0.354. The fraction of sp³-hybridized carbons (Fsp3) is 0.917. The van der Waals surface area contributed by atoms with Gasteiger partial charge in [-0.2, -0.15) is 0 Å². The number of β-amino-alcohol motifs (C(OH)–C–C–N with tert-alkyl or cyclic N) is 1. The summed E-state index contributed by atoms with van der Waals surface area (Å²) in [6.07, 6.45) is 1.12. The van der Waals surface area contributed by atoms with E-state index in [1.165, 1.54) is 0 Å². The molecule has 2 fully saturated rings. The molecule has 2 rings (SSSR count). The summed E-state index contributed by atoms with van der Waals surface area (Å²) < 4.78 is 5.36. The Bertz CT molecular complexity index is 272. The highest BCUT2D eigenvalue weighted by Gasteiger charge is 2.25. The van der Waals surface area contributed by atoms with E-state index in [0.717, 1.165) is 32.7 Å². The zero-order valence-corrected chi connectivity index (χ0v) is 10.5. The van der Waals surface area contributed by atoms with Crippen LogP contribution in [0.2, 0.25) is 0 Å². The number of ether oxygens (including phenoxy) is 1. The number of aliphatic hydroxyl groups excluding tert-OH is 1. The van der Waals surface area contributed by atoms with Crippen LogP contribution in [-0.4, -0.2) is 72.4 Å². The highest BCUT2D eigenvalue weighted by molar-refractivity contribution is 5.78. The van der Waals surface area contributed by atoms with Crippen LogP contribution in [0.4, 0.5) is 0 Å². The lowest BCUT2D eigenvalue weighted by Crippen LogP contribution is -2.49. The average molecular weight is 242 g/mol. The molecule has 0 radical (unpaired) electrons. The molecule has 0 aromatic heterocycles. The second kappa shape index (κ2) is 5.80. The summed E-state index contributed by atoms with van der Waals surface area (Å²) >= 11 is 0. The van der Waals surface area contributed by atoms with E-state index < -0.39 is 6.10 Å². The third kappa shape index (κ3) is 3.40. The van der Waals surface area contributed by atoms with Gasteiger partial charge in [-0.15, -0.1) is 0 Å². The van der Waals surface area contributed by atoms with Gasteiger partial charge in [0.15, 0.2) is 0 Å². The van der Waals surface area contributed by atoms with Gasteiger partial charge in [-0.25, -0.2) is 0 Å². The molecule has 0 aromatic rings. The molecule has 1 N–H and O–H groups in total. The number of morpholine rings is 1. The molecule has 98 valence electrons. The van der Waals surface area contributed by atoms with Crippen molar-refractivity contribution >= 4 is 5.91 Å². The normalized spacial score (nSPS) is 28.7. The maximum absolute atomic E-state index is 11.4. The van der Waals surface area contributed by atoms with Gasteiger partial charge in [0.1, 0.15) is 0 Å². The predicted molar refractivity (Wildman–Crippen MR) is 63.7 cm³/mol. The maximum atomic E-state index is 11.4. The fourth-order valence-corrected chi connectivity index (χ4v) is 2.51. The van der Waals surface area contributed by atoms with Crippen molar-refractivity contribution in [1.82, 2.24) is 9.80 Å². The van der Waals surface area contributed by atoms with E-state index >= 15 is 0 Å². The maximum Gasteiger partial charge on any atom is 0.222 e. The van der Waals surface area contributed by atoms with Crippen LogP contribution >= 0.6 is 0 Å². The largest absolute Gasteiger partial charge is 0.390 e. The third-order valence-electron chi connectivity index (χ3n) is 3.55. The number of aliphatic hydroxyl groups is 1. The molecule has 5 nitrogen and oxygen atoms in total. The topological polar surface area (TPSA) is 53.0 Å². The fourth-order valence-electron chi connectivity index (χ4n) is 2.51. The van der Waals surface area contributed by atoms with Crippen molar-refractivity contribution in [1.29, 1.82) is 0 Å². The van der Waals surface area contributed by atoms with Crippen LogP contribution in [0.3, 0.4) is 0 Å². The van der Waals surface area contributed by atoms with E-state index in [2.05, 4.69) is 11.8 Å². The molecule has 0 aromatic carbocycles. The Kier molecular flexibility index (Phi) is 4.36. The minimum absolute atomic E-state index is 0.180. The highest BCUT2D eigenvalue weighted by atomic mass is 16.5. The third-order valence-corrected chi connectivity index (χ3v) is 3.55. The smallest absolute Gasteiger partial charge is 0.222 e. The first-order valence-corrected chi connectivity index (χ1v) is 6.44. The molecule has 2 aliphatic rings. The van der Waals surface area contributed by atoms with Crippen molar-refractivity contribution in [2.24, 2.45) is 0 Å². The lowest BCUT2D eigenvalue weighted by molar-refractivity contribution is -0.129. The van der Waals surface area contributed by atoms with Gasteiger partial charge in [-0.3, -0.25) is 9.69 Å². The number of nitrogens with zero attached hydrogens (tertiary/aromatic N) is 2. The van der Waals surface area contributed by atoms with Crippen molar-refractivity contribution in [3.05, 3.63) is 0 Å². The molecule has 0 aliphatic carbocycles. The molecule has 2 aliphatic heterocycles. The Balaban J connectivity index is 1.76. The second-order valence-electron chi connectivity index (χ2n) is 5.02. The van der Waals surface area contributed by atoms with Crippen LogP contribution in [0.25, 0.3) is 0 Å². The van der Waals surface area contributed by atoms with Crippen molar-refractivity contribution in [2.45, 2.75) is 31.9 Å². The lowest BCUT2D eigenvalue weighted by atomic mass is 10.2. The van der Waals surface area contributed by atoms with Gasteiger partial charge in [0.25, 0.3) is 0 Å². The van der Waals surface area contributed by atoms with Crippen molar-refractivity contribution < 1.29 is 14.6 Å². The molecule has 2 saturated heterocycles. The van der Waals surface area contributed by atoms with Crippen LogP contribution in [0.15, 0.2) is 0 Å². The van der Waals surface area contributed by atoms with E-state index in [1.807, 2.05) is 0 Å². The summed E-state index contributed by atoms with van der Waals surface area (Å²) in [5.74, 6) is 0.180. The summed E-state index contributed by atoms with van der Waals surface area (Å²) in [4.78, 5) is 15.5. The number of rotatable bonds is 4. The van der Waals surface area contributed by atoms with E-state index in [0.29, 0.717) is 25.6 Å². The summed E-state index contributed by atoms with van der Waals surface area (Å²) in [7, 11) is 0. The van der Waals surface area contributed by atoms with E-state index in [9.17, 15) is 9.90 Å². The molecule has 0 spiro atoms. The minimum Gasteiger partial charge on any atom is -0.390 e. The SMILES string of the molecule is CC1COCCN1CC(O)CN1CCCC1=O. The van der Waals surface area contributed by atoms with Gasteiger partial charge in [0, 0.05) is 38.6 Å².